The molecule has 0 bridgehead atoms. The molecule has 2 rings (SSSR count). The summed E-state index contributed by atoms with van der Waals surface area (Å²) in [7, 11) is -2.12. The Balaban J connectivity index is 0.00000338. The van der Waals surface area contributed by atoms with Crippen LogP contribution < -0.4 is 20.1 Å². The van der Waals surface area contributed by atoms with Gasteiger partial charge in [0.2, 0.25) is 15.9 Å². The second-order valence-corrected chi connectivity index (χ2v) is 7.51. The van der Waals surface area contributed by atoms with Gasteiger partial charge in [0, 0.05) is 31.6 Å². The first kappa shape index (κ1) is 22.4. The first-order valence-electron chi connectivity index (χ1n) is 8.28. The molecule has 1 aliphatic rings. The fourth-order valence-corrected chi connectivity index (χ4v) is 3.57. The van der Waals surface area contributed by atoms with Gasteiger partial charge in [-0.15, -0.1) is 12.4 Å². The van der Waals surface area contributed by atoms with E-state index in [-0.39, 0.29) is 29.8 Å². The number of methoxy groups -OCH3 is 1. The average molecular weight is 404 g/mol. The monoisotopic (exact) mass is 403 g/mol. The van der Waals surface area contributed by atoms with Crippen LogP contribution in [-0.4, -0.2) is 41.1 Å². The van der Waals surface area contributed by atoms with Gasteiger partial charge in [-0.1, -0.05) is 18.6 Å². The number of amides is 1. The Bertz CT molecular complexity index is 750. The molecular formula is C17H26ClN3O4S. The van der Waals surface area contributed by atoms with E-state index >= 15 is 0 Å². The molecule has 7 nitrogen and oxygen atoms in total. The Labute approximate surface area is 161 Å². The highest BCUT2D eigenvalue weighted by molar-refractivity contribution is 7.89. The van der Waals surface area contributed by atoms with Crippen LogP contribution in [0.1, 0.15) is 25.3 Å². The van der Waals surface area contributed by atoms with Crippen LogP contribution in [0, 0.1) is 0 Å². The highest BCUT2D eigenvalue weighted by atomic mass is 35.5. The van der Waals surface area contributed by atoms with Crippen LogP contribution >= 0.6 is 12.4 Å². The van der Waals surface area contributed by atoms with E-state index in [0.717, 1.165) is 25.1 Å². The van der Waals surface area contributed by atoms with Crippen molar-refractivity contribution in [1.29, 1.82) is 0 Å². The van der Waals surface area contributed by atoms with E-state index in [9.17, 15) is 13.2 Å². The van der Waals surface area contributed by atoms with Gasteiger partial charge in [-0.25, -0.2) is 13.1 Å². The predicted molar refractivity (Wildman–Crippen MR) is 103 cm³/mol. The van der Waals surface area contributed by atoms with Gasteiger partial charge < -0.3 is 15.4 Å². The van der Waals surface area contributed by atoms with Crippen LogP contribution in [0.5, 0.6) is 5.75 Å². The van der Waals surface area contributed by atoms with Crippen LogP contribution in [0.2, 0.25) is 0 Å². The summed E-state index contributed by atoms with van der Waals surface area (Å²) >= 11 is 0. The van der Waals surface area contributed by atoms with Crippen LogP contribution in [0.3, 0.4) is 0 Å². The van der Waals surface area contributed by atoms with Gasteiger partial charge in [0.05, 0.1) is 12.0 Å². The fraction of sp³-hybridized carbons (Fsp3) is 0.471. The van der Waals surface area contributed by atoms with Crippen molar-refractivity contribution in [1.82, 2.24) is 15.4 Å². The lowest BCUT2D eigenvalue weighted by molar-refractivity contribution is -0.120. The molecule has 0 unspecified atom stereocenters. The van der Waals surface area contributed by atoms with E-state index in [1.165, 1.54) is 19.2 Å². The summed E-state index contributed by atoms with van der Waals surface area (Å²) in [6.07, 6.45) is 3.21. The minimum atomic E-state index is -3.63. The van der Waals surface area contributed by atoms with Crippen molar-refractivity contribution in [2.75, 3.05) is 26.7 Å². The maximum absolute atomic E-state index is 12.5. The first-order valence-corrected chi connectivity index (χ1v) is 9.76. The number of carbonyl (C=O) groups is 1. The van der Waals surface area contributed by atoms with Crippen LogP contribution in [-0.2, 0) is 21.4 Å². The van der Waals surface area contributed by atoms with Crippen molar-refractivity contribution in [2.45, 2.75) is 31.2 Å². The largest absolute Gasteiger partial charge is 0.496 e. The number of carbonyl (C=O) groups excluding carboxylic acids is 1. The van der Waals surface area contributed by atoms with Crippen molar-refractivity contribution in [3.8, 4) is 5.75 Å². The lowest BCUT2D eigenvalue weighted by Crippen LogP contribution is -2.30. The van der Waals surface area contributed by atoms with E-state index in [1.807, 2.05) is 6.08 Å². The third kappa shape index (κ3) is 6.28. The highest BCUT2D eigenvalue weighted by Crippen LogP contribution is 2.22. The summed E-state index contributed by atoms with van der Waals surface area (Å²) in [5, 5.41) is 5.93. The molecule has 0 saturated carbocycles. The summed E-state index contributed by atoms with van der Waals surface area (Å²) in [4.78, 5) is 11.6. The number of benzene rings is 1. The number of nitrogens with one attached hydrogen (secondary N) is 3. The Morgan fingerprint density at radius 3 is 2.69 bits per heavy atom. The van der Waals surface area contributed by atoms with Gasteiger partial charge in [-0.05, 0) is 31.2 Å². The van der Waals surface area contributed by atoms with E-state index in [1.54, 1.807) is 13.0 Å². The zero-order valence-electron chi connectivity index (χ0n) is 15.0. The Hall–Kier alpha value is -1.61. The smallest absolute Gasteiger partial charge is 0.240 e. The van der Waals surface area contributed by atoms with Crippen molar-refractivity contribution < 1.29 is 17.9 Å². The third-order valence-electron chi connectivity index (χ3n) is 4.01. The molecule has 0 aromatic heterocycles. The number of ether oxygens (including phenoxy) is 1. The highest BCUT2D eigenvalue weighted by Gasteiger charge is 2.17. The van der Waals surface area contributed by atoms with Gasteiger partial charge in [-0.3, -0.25) is 4.79 Å². The Kier molecular flexibility index (Phi) is 9.07. The first-order chi connectivity index (χ1) is 12.0. The van der Waals surface area contributed by atoms with Gasteiger partial charge in [0.25, 0.3) is 0 Å². The molecule has 0 atom stereocenters. The van der Waals surface area contributed by atoms with E-state index in [2.05, 4.69) is 15.4 Å². The number of hydrogen-bond donors (Lipinski definition) is 3. The van der Waals surface area contributed by atoms with Crippen LogP contribution in [0.25, 0.3) is 0 Å². The lowest BCUT2D eigenvalue weighted by atomic mass is 10.1. The topological polar surface area (TPSA) is 96.5 Å². The second-order valence-electron chi connectivity index (χ2n) is 5.74. The molecule has 26 heavy (non-hydrogen) atoms. The molecule has 1 aromatic carbocycles. The summed E-state index contributed by atoms with van der Waals surface area (Å²) in [5.41, 5.74) is 1.69. The molecule has 1 heterocycles. The van der Waals surface area contributed by atoms with E-state index in [0.29, 0.717) is 24.3 Å². The van der Waals surface area contributed by atoms with E-state index < -0.39 is 10.0 Å². The lowest BCUT2D eigenvalue weighted by Gasteiger charge is -2.16. The third-order valence-corrected chi connectivity index (χ3v) is 5.41. The van der Waals surface area contributed by atoms with Crippen LogP contribution in [0.15, 0.2) is 34.7 Å². The number of halogens is 1. The molecule has 3 N–H and O–H groups in total. The fourth-order valence-electron chi connectivity index (χ4n) is 2.48. The average Bonchev–Trinajstić information content (AvgIpc) is 2.65. The number of hydrogen-bond acceptors (Lipinski definition) is 5. The maximum Gasteiger partial charge on any atom is 0.240 e. The number of rotatable bonds is 8. The van der Waals surface area contributed by atoms with Crippen molar-refractivity contribution in [2.24, 2.45) is 0 Å². The zero-order valence-corrected chi connectivity index (χ0v) is 16.6. The molecule has 1 aromatic rings. The summed E-state index contributed by atoms with van der Waals surface area (Å²) < 4.78 is 33.0. The van der Waals surface area contributed by atoms with Crippen molar-refractivity contribution in [3.05, 3.63) is 35.4 Å². The number of sulfonamides is 1. The minimum Gasteiger partial charge on any atom is -0.496 e. The molecule has 0 radical (unpaired) electrons. The van der Waals surface area contributed by atoms with E-state index in [4.69, 9.17) is 4.74 Å². The molecule has 146 valence electrons. The Morgan fingerprint density at radius 1 is 1.31 bits per heavy atom. The molecule has 1 amide bonds. The molecule has 9 heteroatoms. The summed E-state index contributed by atoms with van der Waals surface area (Å²) in [6, 6.07) is 4.64. The van der Waals surface area contributed by atoms with Crippen LogP contribution in [0.4, 0.5) is 0 Å². The predicted octanol–water partition coefficient (Wildman–Crippen LogP) is 1.34. The molecule has 0 aliphatic carbocycles. The molecular weight excluding hydrogens is 378 g/mol. The zero-order chi connectivity index (χ0) is 18.3. The Morgan fingerprint density at radius 2 is 2.08 bits per heavy atom. The molecule has 0 saturated heterocycles. The maximum atomic E-state index is 12.5. The standard InChI is InChI=1S/C17H25N3O4S.ClH/c1-3-17(21)19-12-14-10-15(4-5-16(14)24-2)25(22,23)20-11-13-6-8-18-9-7-13;/h4-6,10,18,20H,3,7-9,11-12H2,1-2H3,(H,19,21);1H. The summed E-state index contributed by atoms with van der Waals surface area (Å²) in [6.45, 7) is 3.90. The van der Waals surface area contributed by atoms with Gasteiger partial charge in [0.15, 0.2) is 0 Å². The molecule has 0 fully saturated rings. The van der Waals surface area contributed by atoms with Crippen molar-refractivity contribution in [3.63, 3.8) is 0 Å². The minimum absolute atomic E-state index is 0. The van der Waals surface area contributed by atoms with Gasteiger partial charge in [-0.2, -0.15) is 0 Å². The van der Waals surface area contributed by atoms with Crippen molar-refractivity contribution >= 4 is 28.3 Å². The summed E-state index contributed by atoms with van der Waals surface area (Å²) in [5.74, 6) is 0.433. The quantitative estimate of drug-likeness (QED) is 0.569. The van der Waals surface area contributed by atoms with Gasteiger partial charge in [0.1, 0.15) is 5.75 Å². The van der Waals surface area contributed by atoms with Gasteiger partial charge >= 0.3 is 0 Å². The molecule has 0 spiro atoms. The molecule has 1 aliphatic heterocycles. The second kappa shape index (κ2) is 10.5. The normalized spacial score (nSPS) is 14.2. The SMILES string of the molecule is CCC(=O)NCc1cc(S(=O)(=O)NCC2=CCNCC2)ccc1OC.Cl.